The van der Waals surface area contributed by atoms with E-state index in [9.17, 15) is 4.79 Å². The zero-order chi connectivity index (χ0) is 19.7. The van der Waals surface area contributed by atoms with Crippen LogP contribution >= 0.6 is 15.9 Å². The van der Waals surface area contributed by atoms with Crippen LogP contribution in [0.1, 0.15) is 29.3 Å². The van der Waals surface area contributed by atoms with Crippen molar-refractivity contribution in [3.63, 3.8) is 0 Å². The highest BCUT2D eigenvalue weighted by Gasteiger charge is 2.25. The van der Waals surface area contributed by atoms with Crippen LogP contribution in [0.3, 0.4) is 0 Å². The van der Waals surface area contributed by atoms with Crippen molar-refractivity contribution in [1.29, 1.82) is 0 Å². The fourth-order valence-corrected chi connectivity index (χ4v) is 4.13. The van der Waals surface area contributed by atoms with Crippen LogP contribution in [0.25, 0.3) is 11.3 Å². The first-order valence-corrected chi connectivity index (χ1v) is 10.1. The van der Waals surface area contributed by atoms with Crippen molar-refractivity contribution in [3.05, 3.63) is 63.8 Å². The lowest BCUT2D eigenvalue weighted by molar-refractivity contribution is -0.119. The minimum atomic E-state index is 0.0000889. The van der Waals surface area contributed by atoms with E-state index in [0.717, 1.165) is 45.6 Å². The van der Waals surface area contributed by atoms with Gasteiger partial charge in [-0.15, -0.1) is 5.10 Å². The lowest BCUT2D eigenvalue weighted by atomic mass is 9.96. The number of fused-ring (bicyclic) bond motifs is 3. The minimum absolute atomic E-state index is 0.0000889. The van der Waals surface area contributed by atoms with Crippen LogP contribution < -0.4 is 10.6 Å². The highest BCUT2D eigenvalue weighted by Crippen LogP contribution is 2.38. The van der Waals surface area contributed by atoms with Crippen molar-refractivity contribution in [2.75, 3.05) is 12.4 Å². The van der Waals surface area contributed by atoms with Crippen LogP contribution in [-0.2, 0) is 17.8 Å². The summed E-state index contributed by atoms with van der Waals surface area (Å²) in [5.74, 6) is 0.0000889. The van der Waals surface area contributed by atoms with Gasteiger partial charge < -0.3 is 10.6 Å². The SMILES string of the molecule is CNC(=O)Cc1ccccc1NC1CCn2nnc(C)c2-c2ccc(Br)cc21. The van der Waals surface area contributed by atoms with Gasteiger partial charge in [0.2, 0.25) is 5.91 Å². The molecule has 1 aliphatic heterocycles. The number of hydrogen-bond donors (Lipinski definition) is 2. The number of nitrogens with zero attached hydrogens (tertiary/aromatic N) is 3. The number of benzene rings is 2. The zero-order valence-electron chi connectivity index (χ0n) is 15.9. The molecule has 144 valence electrons. The van der Waals surface area contributed by atoms with Crippen LogP contribution in [0, 0.1) is 6.92 Å². The second-order valence-corrected chi connectivity index (χ2v) is 7.89. The maximum atomic E-state index is 11.9. The number of amides is 1. The predicted octanol–water partition coefficient (Wildman–Crippen LogP) is 3.86. The number of nitrogens with one attached hydrogen (secondary N) is 2. The summed E-state index contributed by atoms with van der Waals surface area (Å²) in [7, 11) is 1.66. The number of halogens is 1. The van der Waals surface area contributed by atoms with E-state index in [1.165, 1.54) is 5.56 Å². The molecule has 0 saturated carbocycles. The lowest BCUT2D eigenvalue weighted by Crippen LogP contribution is -2.21. The molecule has 1 atom stereocenters. The first-order chi connectivity index (χ1) is 13.6. The third-order valence-corrected chi connectivity index (χ3v) is 5.65. The molecule has 0 spiro atoms. The molecule has 2 heterocycles. The number of likely N-dealkylation sites (N-methyl/N-ethyl adjacent to an activating group) is 1. The minimum Gasteiger partial charge on any atom is -0.378 e. The van der Waals surface area contributed by atoms with Crippen LogP contribution in [0.5, 0.6) is 0 Å². The van der Waals surface area contributed by atoms with Crippen molar-refractivity contribution in [2.24, 2.45) is 0 Å². The van der Waals surface area contributed by atoms with Gasteiger partial charge in [0.25, 0.3) is 0 Å². The Kier molecular flexibility index (Phi) is 5.17. The number of hydrogen-bond acceptors (Lipinski definition) is 4. The number of aryl methyl sites for hydroxylation is 2. The Morgan fingerprint density at radius 2 is 2.11 bits per heavy atom. The topological polar surface area (TPSA) is 71.8 Å². The summed E-state index contributed by atoms with van der Waals surface area (Å²) < 4.78 is 3.02. The monoisotopic (exact) mass is 439 g/mol. The van der Waals surface area contributed by atoms with Crippen LogP contribution in [0.15, 0.2) is 46.9 Å². The van der Waals surface area contributed by atoms with Crippen LogP contribution in [0.2, 0.25) is 0 Å². The van der Waals surface area contributed by atoms with Crippen LogP contribution in [0.4, 0.5) is 5.69 Å². The lowest BCUT2D eigenvalue weighted by Gasteiger charge is -2.22. The Labute approximate surface area is 172 Å². The van der Waals surface area contributed by atoms with E-state index in [0.29, 0.717) is 6.42 Å². The molecule has 0 aliphatic carbocycles. The standard InChI is InChI=1S/C21H22BrN5O/c1-13-21-16-8-7-15(22)12-17(16)19(9-10-27(21)26-25-13)24-18-6-4-3-5-14(18)11-20(28)23-2/h3-8,12,19,24H,9-11H2,1-2H3,(H,23,28). The van der Waals surface area contributed by atoms with E-state index in [-0.39, 0.29) is 11.9 Å². The molecule has 0 bridgehead atoms. The molecule has 7 heteroatoms. The molecule has 2 aromatic carbocycles. The van der Waals surface area contributed by atoms with Gasteiger partial charge in [-0.2, -0.15) is 0 Å². The molecule has 1 amide bonds. The Bertz CT molecular complexity index is 1030. The summed E-state index contributed by atoms with van der Waals surface area (Å²) in [6.07, 6.45) is 1.22. The molecular weight excluding hydrogens is 418 g/mol. The van der Waals surface area contributed by atoms with Gasteiger partial charge in [-0.3, -0.25) is 4.79 Å². The summed E-state index contributed by atoms with van der Waals surface area (Å²) in [4.78, 5) is 11.9. The second-order valence-electron chi connectivity index (χ2n) is 6.97. The smallest absolute Gasteiger partial charge is 0.224 e. The molecule has 4 rings (SSSR count). The Hall–Kier alpha value is -2.67. The van der Waals surface area contributed by atoms with Crippen molar-refractivity contribution in [3.8, 4) is 11.3 Å². The van der Waals surface area contributed by atoms with Gasteiger partial charge in [-0.05, 0) is 42.7 Å². The average Bonchev–Trinajstić information content (AvgIpc) is 2.98. The molecule has 28 heavy (non-hydrogen) atoms. The number of rotatable bonds is 4. The number of carbonyl (C=O) groups is 1. The van der Waals surface area contributed by atoms with E-state index in [1.807, 2.05) is 35.9 Å². The number of para-hydroxylation sites is 1. The van der Waals surface area contributed by atoms with Gasteiger partial charge >= 0.3 is 0 Å². The van der Waals surface area contributed by atoms with Crippen molar-refractivity contribution < 1.29 is 4.79 Å². The van der Waals surface area contributed by atoms with E-state index in [2.05, 4.69) is 55.1 Å². The number of aromatic nitrogens is 3. The molecule has 1 unspecified atom stereocenters. The molecule has 1 aromatic heterocycles. The zero-order valence-corrected chi connectivity index (χ0v) is 17.5. The molecule has 0 saturated heterocycles. The Balaban J connectivity index is 1.73. The molecule has 2 N–H and O–H groups in total. The molecule has 0 radical (unpaired) electrons. The van der Waals surface area contributed by atoms with Gasteiger partial charge in [-0.1, -0.05) is 45.4 Å². The molecule has 3 aromatic rings. The predicted molar refractivity (Wildman–Crippen MR) is 113 cm³/mol. The van der Waals surface area contributed by atoms with Gasteiger partial charge in [-0.25, -0.2) is 4.68 Å². The number of anilines is 1. The fourth-order valence-electron chi connectivity index (χ4n) is 3.75. The van der Waals surface area contributed by atoms with Gasteiger partial charge in [0.1, 0.15) is 0 Å². The Morgan fingerprint density at radius 1 is 1.29 bits per heavy atom. The quantitative estimate of drug-likeness (QED) is 0.647. The third kappa shape index (κ3) is 3.54. The first kappa shape index (κ1) is 18.7. The fraction of sp³-hybridized carbons (Fsp3) is 0.286. The first-order valence-electron chi connectivity index (χ1n) is 9.31. The summed E-state index contributed by atoms with van der Waals surface area (Å²) >= 11 is 3.62. The van der Waals surface area contributed by atoms with Gasteiger partial charge in [0, 0.05) is 29.3 Å². The number of carbonyl (C=O) groups excluding carboxylic acids is 1. The molecule has 0 fully saturated rings. The molecule has 6 nitrogen and oxygen atoms in total. The summed E-state index contributed by atoms with van der Waals surface area (Å²) in [5.41, 5.74) is 6.32. The third-order valence-electron chi connectivity index (χ3n) is 5.15. The van der Waals surface area contributed by atoms with Gasteiger partial charge in [0.05, 0.1) is 23.9 Å². The largest absolute Gasteiger partial charge is 0.378 e. The van der Waals surface area contributed by atoms with E-state index in [1.54, 1.807) is 7.05 Å². The van der Waals surface area contributed by atoms with E-state index < -0.39 is 0 Å². The summed E-state index contributed by atoms with van der Waals surface area (Å²) in [5, 5.41) is 15.0. The summed E-state index contributed by atoms with van der Waals surface area (Å²) in [6, 6.07) is 14.4. The molecule has 1 aliphatic rings. The highest BCUT2D eigenvalue weighted by molar-refractivity contribution is 9.10. The Morgan fingerprint density at radius 3 is 2.93 bits per heavy atom. The van der Waals surface area contributed by atoms with Crippen molar-refractivity contribution in [1.82, 2.24) is 20.3 Å². The maximum Gasteiger partial charge on any atom is 0.224 e. The van der Waals surface area contributed by atoms with E-state index >= 15 is 0 Å². The summed E-state index contributed by atoms with van der Waals surface area (Å²) in [6.45, 7) is 2.77. The maximum absolute atomic E-state index is 11.9. The van der Waals surface area contributed by atoms with E-state index in [4.69, 9.17) is 0 Å². The highest BCUT2D eigenvalue weighted by atomic mass is 79.9. The average molecular weight is 440 g/mol. The van der Waals surface area contributed by atoms with Gasteiger partial charge in [0.15, 0.2) is 0 Å². The van der Waals surface area contributed by atoms with Crippen molar-refractivity contribution in [2.45, 2.75) is 32.4 Å². The molecular formula is C21H22BrN5O. The van der Waals surface area contributed by atoms with Crippen LogP contribution in [-0.4, -0.2) is 27.9 Å². The second kappa shape index (κ2) is 7.75. The van der Waals surface area contributed by atoms with Crippen molar-refractivity contribution >= 4 is 27.5 Å². The normalized spacial score (nSPS) is 15.3.